The molecular weight excluding hydrogens is 116 g/mol. The molecule has 1 rings (SSSR count). The van der Waals surface area contributed by atoms with Crippen LogP contribution in [0.3, 0.4) is 0 Å². The molecule has 0 fully saturated rings. The van der Waals surface area contributed by atoms with E-state index in [1.165, 1.54) is 6.08 Å². The Balaban J connectivity index is 2.93. The molecule has 0 saturated carbocycles. The molecule has 3 heteroatoms. The highest BCUT2D eigenvalue weighted by Gasteiger charge is 1.94. The molecule has 0 bridgehead atoms. The Morgan fingerprint density at radius 3 is 3.33 bits per heavy atom. The van der Waals surface area contributed by atoms with E-state index >= 15 is 0 Å². The fourth-order valence-corrected chi connectivity index (χ4v) is 0.502. The van der Waals surface area contributed by atoms with Crippen molar-refractivity contribution in [1.29, 1.82) is 0 Å². The largest absolute Gasteiger partial charge is 0.268 e. The van der Waals surface area contributed by atoms with Crippen molar-refractivity contribution in [2.45, 2.75) is 6.92 Å². The van der Waals surface area contributed by atoms with Crippen LogP contribution < -0.4 is 5.43 Å². The van der Waals surface area contributed by atoms with Crippen LogP contribution in [0.5, 0.6) is 0 Å². The van der Waals surface area contributed by atoms with Crippen molar-refractivity contribution in [2.24, 2.45) is 5.10 Å². The van der Waals surface area contributed by atoms with E-state index < -0.39 is 0 Å². The Hall–Kier alpha value is -1.34. The molecule has 0 saturated heterocycles. The van der Waals surface area contributed by atoms with E-state index in [1.807, 2.05) is 6.92 Å². The minimum absolute atomic E-state index is 0.200. The fourth-order valence-electron chi connectivity index (χ4n) is 0.502. The number of rotatable bonds is 0. The van der Waals surface area contributed by atoms with Gasteiger partial charge in [-0.25, -0.2) is 5.43 Å². The van der Waals surface area contributed by atoms with Crippen LogP contribution in [0, 0.1) is 0 Å². The van der Waals surface area contributed by atoms with E-state index in [9.17, 15) is 4.79 Å². The number of amides is 1. The quantitative estimate of drug-likeness (QED) is 0.490. The van der Waals surface area contributed by atoms with Gasteiger partial charge in [-0.1, -0.05) is 0 Å². The van der Waals surface area contributed by atoms with Crippen molar-refractivity contribution in [3.63, 3.8) is 0 Å². The Kier molecular flexibility index (Phi) is 1.47. The Morgan fingerprint density at radius 1 is 1.78 bits per heavy atom. The first-order valence-corrected chi connectivity index (χ1v) is 2.56. The maximum absolute atomic E-state index is 10.6. The minimum Gasteiger partial charge on any atom is -0.268 e. The molecular formula is C6H6N2O. The van der Waals surface area contributed by atoms with Crippen molar-refractivity contribution in [1.82, 2.24) is 5.43 Å². The second-order valence-electron chi connectivity index (χ2n) is 1.75. The van der Waals surface area contributed by atoms with Crippen LogP contribution in [0.15, 0.2) is 22.8 Å². The Bertz CT molecular complexity index is 221. The third kappa shape index (κ3) is 1.55. The van der Waals surface area contributed by atoms with Gasteiger partial charge in [0.2, 0.25) is 0 Å². The molecule has 1 heterocycles. The van der Waals surface area contributed by atoms with Gasteiger partial charge in [-0.05, 0) is 12.5 Å². The van der Waals surface area contributed by atoms with Crippen molar-refractivity contribution >= 4 is 11.8 Å². The van der Waals surface area contributed by atoms with Crippen LogP contribution in [-0.2, 0) is 4.79 Å². The number of hydrazone groups is 1. The van der Waals surface area contributed by atoms with Crippen LogP contribution in [0.25, 0.3) is 0 Å². The highest BCUT2D eigenvalue weighted by Crippen LogP contribution is 1.92. The van der Waals surface area contributed by atoms with Crippen molar-refractivity contribution in [3.05, 3.63) is 17.7 Å². The second kappa shape index (κ2) is 2.29. The monoisotopic (exact) mass is 122 g/mol. The maximum atomic E-state index is 10.6. The zero-order valence-electron chi connectivity index (χ0n) is 5.01. The molecule has 0 unspecified atom stereocenters. The molecule has 3 nitrogen and oxygen atoms in total. The molecule has 9 heavy (non-hydrogen) atoms. The van der Waals surface area contributed by atoms with E-state index in [2.05, 4.69) is 16.4 Å². The maximum Gasteiger partial charge on any atom is 0.264 e. The van der Waals surface area contributed by atoms with Crippen LogP contribution in [0.2, 0.25) is 0 Å². The lowest BCUT2D eigenvalue weighted by Gasteiger charge is -1.86. The molecule has 0 aromatic heterocycles. The highest BCUT2D eigenvalue weighted by molar-refractivity contribution is 5.90. The molecule has 0 aliphatic carbocycles. The summed E-state index contributed by atoms with van der Waals surface area (Å²) in [7, 11) is 0. The summed E-state index contributed by atoms with van der Waals surface area (Å²) < 4.78 is 0. The topological polar surface area (TPSA) is 41.5 Å². The first kappa shape index (κ1) is 5.79. The predicted octanol–water partition coefficient (Wildman–Crippen LogP) is 0.203. The summed E-state index contributed by atoms with van der Waals surface area (Å²) in [6, 6.07) is 0. The van der Waals surface area contributed by atoms with Crippen molar-refractivity contribution in [3.8, 4) is 0 Å². The van der Waals surface area contributed by atoms with E-state index in [4.69, 9.17) is 0 Å². The zero-order chi connectivity index (χ0) is 6.69. The number of carbonyl (C=O) groups excluding carboxylic acids is 1. The summed E-state index contributed by atoms with van der Waals surface area (Å²) in [6.07, 6.45) is 3.10. The van der Waals surface area contributed by atoms with Crippen molar-refractivity contribution in [2.75, 3.05) is 0 Å². The standard InChI is InChI=1S/C6H6N2O/c1-5-2-3-7-8-6(9)4-5/h2,4H,1H3,(H,8,9). The Morgan fingerprint density at radius 2 is 2.56 bits per heavy atom. The normalized spacial score (nSPS) is 16.6. The summed E-state index contributed by atoms with van der Waals surface area (Å²) in [6.45, 7) is 1.81. The van der Waals surface area contributed by atoms with Gasteiger partial charge in [0.1, 0.15) is 0 Å². The summed E-state index contributed by atoms with van der Waals surface area (Å²) in [5, 5.41) is 3.45. The molecule has 1 aliphatic rings. The average molecular weight is 122 g/mol. The zero-order valence-corrected chi connectivity index (χ0v) is 5.01. The van der Waals surface area contributed by atoms with E-state index in [0.29, 0.717) is 0 Å². The van der Waals surface area contributed by atoms with E-state index in [1.54, 1.807) is 6.08 Å². The number of hydrogen-bond donors (Lipinski definition) is 1. The van der Waals surface area contributed by atoms with Gasteiger partial charge in [-0.2, -0.15) is 0 Å². The predicted molar refractivity (Wildman–Crippen MR) is 33.9 cm³/mol. The number of carbonyl (C=O) groups is 1. The van der Waals surface area contributed by atoms with Gasteiger partial charge in [0.05, 0.1) is 0 Å². The molecule has 0 spiro atoms. The lowest BCUT2D eigenvalue weighted by molar-refractivity contribution is -0.116. The Labute approximate surface area is 52.8 Å². The molecule has 0 aromatic carbocycles. The summed E-state index contributed by atoms with van der Waals surface area (Å²) in [5.41, 5.74) is 3.10. The van der Waals surface area contributed by atoms with Gasteiger partial charge in [0, 0.05) is 18.0 Å². The van der Waals surface area contributed by atoms with Gasteiger partial charge in [0.25, 0.3) is 5.91 Å². The number of nitrogens with zero attached hydrogens (tertiary/aromatic N) is 1. The lowest BCUT2D eigenvalue weighted by Crippen LogP contribution is -2.12. The minimum atomic E-state index is -0.200. The SMILES string of the molecule is CC1=CC(=O)NN=C=C1. The molecule has 1 aliphatic heterocycles. The number of nitrogens with one attached hydrogen (secondary N) is 1. The summed E-state index contributed by atoms with van der Waals surface area (Å²) >= 11 is 0. The van der Waals surface area contributed by atoms with Gasteiger partial charge in [-0.15, -0.1) is 5.10 Å². The second-order valence-corrected chi connectivity index (χ2v) is 1.75. The van der Waals surface area contributed by atoms with Gasteiger partial charge >= 0.3 is 0 Å². The van der Waals surface area contributed by atoms with Gasteiger partial charge < -0.3 is 0 Å². The number of allylic oxidation sites excluding steroid dienone is 2. The average Bonchev–Trinajstić information content (AvgIpc) is 1.93. The highest BCUT2D eigenvalue weighted by atomic mass is 16.2. The van der Waals surface area contributed by atoms with E-state index in [0.717, 1.165) is 5.57 Å². The molecule has 0 radical (unpaired) electrons. The molecule has 0 aromatic rings. The molecule has 1 N–H and O–H groups in total. The smallest absolute Gasteiger partial charge is 0.264 e. The first-order chi connectivity index (χ1) is 4.29. The lowest BCUT2D eigenvalue weighted by atomic mass is 10.3. The van der Waals surface area contributed by atoms with Gasteiger partial charge in [0.15, 0.2) is 0 Å². The third-order valence-corrected chi connectivity index (χ3v) is 0.882. The van der Waals surface area contributed by atoms with Crippen LogP contribution >= 0.6 is 0 Å². The molecule has 1 amide bonds. The first-order valence-electron chi connectivity index (χ1n) is 2.56. The third-order valence-electron chi connectivity index (χ3n) is 0.882. The van der Waals surface area contributed by atoms with Crippen LogP contribution in [-0.4, -0.2) is 11.8 Å². The van der Waals surface area contributed by atoms with Crippen LogP contribution in [0.4, 0.5) is 0 Å². The van der Waals surface area contributed by atoms with E-state index in [-0.39, 0.29) is 5.91 Å². The molecule has 46 valence electrons. The fraction of sp³-hybridized carbons (Fsp3) is 0.167. The molecule has 0 atom stereocenters. The van der Waals surface area contributed by atoms with Crippen molar-refractivity contribution < 1.29 is 4.79 Å². The summed E-state index contributed by atoms with van der Waals surface area (Å²) in [5.74, 6) is 2.33. The summed E-state index contributed by atoms with van der Waals surface area (Å²) in [4.78, 5) is 10.6. The van der Waals surface area contributed by atoms with Gasteiger partial charge in [-0.3, -0.25) is 4.79 Å². The number of hydrogen-bond acceptors (Lipinski definition) is 2. The van der Waals surface area contributed by atoms with Crippen LogP contribution in [0.1, 0.15) is 6.92 Å².